The van der Waals surface area contributed by atoms with Crippen molar-refractivity contribution >= 4 is 27.7 Å². The largest absolute Gasteiger partial charge is 0.470 e. The molecule has 0 aromatic heterocycles. The first-order valence-corrected chi connectivity index (χ1v) is 6.06. The molecule has 90 valence electrons. The molecule has 2 rings (SSSR count). The van der Waals surface area contributed by atoms with Crippen molar-refractivity contribution in [3.63, 3.8) is 0 Å². The van der Waals surface area contributed by atoms with Gasteiger partial charge in [0.2, 0.25) is 0 Å². The Morgan fingerprint density at radius 1 is 1.59 bits per heavy atom. The number of hydrogen-bond donors (Lipinski definition) is 0. The van der Waals surface area contributed by atoms with E-state index in [1.807, 2.05) is 6.07 Å². The molecule has 0 saturated heterocycles. The monoisotopic (exact) mass is 298 g/mol. The Balaban J connectivity index is 2.27. The smallest absolute Gasteiger partial charge is 0.355 e. The highest BCUT2D eigenvalue weighted by Crippen LogP contribution is 2.32. The van der Waals surface area contributed by atoms with Gasteiger partial charge in [-0.2, -0.15) is 0 Å². The lowest BCUT2D eigenvalue weighted by atomic mass is 10.0. The Hall–Kier alpha value is -1.36. The Labute approximate surface area is 107 Å². The maximum absolute atomic E-state index is 11.8. The third kappa shape index (κ3) is 2.34. The van der Waals surface area contributed by atoms with Crippen molar-refractivity contribution in [2.75, 3.05) is 6.61 Å². The number of rotatable bonds is 2. The SMILES string of the molecule is CCOC(=O)C1Oc2cccc(Br)c2CC1=O. The van der Waals surface area contributed by atoms with E-state index in [1.165, 1.54) is 0 Å². The first-order valence-electron chi connectivity index (χ1n) is 5.27. The minimum atomic E-state index is -1.13. The lowest BCUT2D eigenvalue weighted by Gasteiger charge is -2.24. The number of benzene rings is 1. The molecule has 1 heterocycles. The third-order valence-electron chi connectivity index (χ3n) is 2.46. The summed E-state index contributed by atoms with van der Waals surface area (Å²) in [6.07, 6.45) is -0.947. The van der Waals surface area contributed by atoms with E-state index in [9.17, 15) is 9.59 Å². The summed E-state index contributed by atoms with van der Waals surface area (Å²) >= 11 is 3.35. The molecule has 1 atom stereocenters. The summed E-state index contributed by atoms with van der Waals surface area (Å²) in [5.41, 5.74) is 0.776. The fraction of sp³-hybridized carbons (Fsp3) is 0.333. The van der Waals surface area contributed by atoms with Crippen LogP contribution in [0.15, 0.2) is 22.7 Å². The fourth-order valence-corrected chi connectivity index (χ4v) is 2.17. The van der Waals surface area contributed by atoms with Crippen LogP contribution in [0.2, 0.25) is 0 Å². The average molecular weight is 299 g/mol. The summed E-state index contributed by atoms with van der Waals surface area (Å²) in [5.74, 6) is -0.344. The van der Waals surface area contributed by atoms with Gasteiger partial charge in [-0.25, -0.2) is 4.79 Å². The number of carbonyl (C=O) groups is 2. The van der Waals surface area contributed by atoms with E-state index in [0.29, 0.717) is 5.75 Å². The molecule has 0 N–H and O–H groups in total. The molecule has 0 aliphatic carbocycles. The van der Waals surface area contributed by atoms with Gasteiger partial charge < -0.3 is 9.47 Å². The predicted octanol–water partition coefficient (Wildman–Crippen LogP) is 1.88. The van der Waals surface area contributed by atoms with Crippen LogP contribution in [0, 0.1) is 0 Å². The van der Waals surface area contributed by atoms with Gasteiger partial charge in [-0.1, -0.05) is 22.0 Å². The van der Waals surface area contributed by atoms with Crippen LogP contribution < -0.4 is 4.74 Å². The second kappa shape index (κ2) is 4.87. The molecule has 1 unspecified atom stereocenters. The lowest BCUT2D eigenvalue weighted by molar-refractivity contribution is -0.156. The van der Waals surface area contributed by atoms with Crippen molar-refractivity contribution in [2.24, 2.45) is 0 Å². The summed E-state index contributed by atoms with van der Waals surface area (Å²) in [7, 11) is 0. The molecule has 0 spiro atoms. The molecule has 0 saturated carbocycles. The van der Waals surface area contributed by atoms with Crippen LogP contribution in [0.5, 0.6) is 5.75 Å². The van der Waals surface area contributed by atoms with E-state index in [1.54, 1.807) is 19.1 Å². The quantitative estimate of drug-likeness (QED) is 0.618. The highest BCUT2D eigenvalue weighted by Gasteiger charge is 2.35. The number of halogens is 1. The lowest BCUT2D eigenvalue weighted by Crippen LogP contribution is -2.41. The first kappa shape index (κ1) is 12.1. The van der Waals surface area contributed by atoms with Gasteiger partial charge in [0.15, 0.2) is 5.78 Å². The van der Waals surface area contributed by atoms with Gasteiger partial charge in [-0.05, 0) is 19.1 Å². The molecule has 1 aliphatic rings. The van der Waals surface area contributed by atoms with Crippen molar-refractivity contribution in [3.05, 3.63) is 28.2 Å². The molecule has 5 heteroatoms. The zero-order valence-corrected chi connectivity index (χ0v) is 10.8. The first-order chi connectivity index (χ1) is 8.13. The van der Waals surface area contributed by atoms with Gasteiger partial charge in [0, 0.05) is 16.5 Å². The number of ketones is 1. The number of carbonyl (C=O) groups excluding carboxylic acids is 2. The summed E-state index contributed by atoms with van der Waals surface area (Å²) in [6, 6.07) is 5.36. The van der Waals surface area contributed by atoms with Crippen molar-refractivity contribution in [3.8, 4) is 5.75 Å². The molecule has 0 bridgehead atoms. The number of ether oxygens (including phenoxy) is 2. The molecule has 0 amide bonds. The van der Waals surface area contributed by atoms with Crippen LogP contribution in [0.25, 0.3) is 0 Å². The molecule has 17 heavy (non-hydrogen) atoms. The normalized spacial score (nSPS) is 18.2. The van der Waals surface area contributed by atoms with Crippen molar-refractivity contribution in [2.45, 2.75) is 19.4 Å². The summed E-state index contributed by atoms with van der Waals surface area (Å²) < 4.78 is 11.0. The summed E-state index contributed by atoms with van der Waals surface area (Å²) in [6.45, 7) is 1.92. The van der Waals surface area contributed by atoms with Gasteiger partial charge in [-0.15, -0.1) is 0 Å². The topological polar surface area (TPSA) is 52.6 Å². The Morgan fingerprint density at radius 2 is 2.35 bits per heavy atom. The standard InChI is InChI=1S/C12H11BrO4/c1-2-16-12(15)11-9(14)6-7-8(13)4-3-5-10(7)17-11/h3-5,11H,2,6H2,1H3. The zero-order chi connectivity index (χ0) is 12.4. The average Bonchev–Trinajstić information content (AvgIpc) is 2.30. The van der Waals surface area contributed by atoms with Gasteiger partial charge in [-0.3, -0.25) is 4.79 Å². The van der Waals surface area contributed by atoms with E-state index < -0.39 is 12.1 Å². The van der Waals surface area contributed by atoms with Crippen LogP contribution in [0.4, 0.5) is 0 Å². The van der Waals surface area contributed by atoms with Crippen molar-refractivity contribution < 1.29 is 19.1 Å². The minimum absolute atomic E-state index is 0.181. The third-order valence-corrected chi connectivity index (χ3v) is 3.21. The van der Waals surface area contributed by atoms with E-state index in [0.717, 1.165) is 10.0 Å². The number of fused-ring (bicyclic) bond motifs is 1. The van der Waals surface area contributed by atoms with Crippen LogP contribution in [0.3, 0.4) is 0 Å². The summed E-state index contributed by atoms with van der Waals surface area (Å²) in [4.78, 5) is 23.3. The molecule has 1 aliphatic heterocycles. The Morgan fingerprint density at radius 3 is 3.06 bits per heavy atom. The van der Waals surface area contributed by atoms with E-state index in [-0.39, 0.29) is 18.8 Å². The highest BCUT2D eigenvalue weighted by atomic mass is 79.9. The molecule has 0 radical (unpaired) electrons. The van der Waals surface area contributed by atoms with E-state index in [4.69, 9.17) is 9.47 Å². The number of esters is 1. The zero-order valence-electron chi connectivity index (χ0n) is 9.23. The van der Waals surface area contributed by atoms with E-state index >= 15 is 0 Å². The Kier molecular flexibility index (Phi) is 3.47. The van der Waals surface area contributed by atoms with Gasteiger partial charge in [0.1, 0.15) is 5.75 Å². The van der Waals surface area contributed by atoms with Crippen LogP contribution in [-0.2, 0) is 20.7 Å². The van der Waals surface area contributed by atoms with Crippen LogP contribution in [-0.4, -0.2) is 24.5 Å². The molecular weight excluding hydrogens is 288 g/mol. The predicted molar refractivity (Wildman–Crippen MR) is 63.9 cm³/mol. The molecule has 0 fully saturated rings. The maximum Gasteiger partial charge on any atom is 0.355 e. The van der Waals surface area contributed by atoms with Gasteiger partial charge >= 0.3 is 5.97 Å². The minimum Gasteiger partial charge on any atom is -0.470 e. The van der Waals surface area contributed by atoms with Gasteiger partial charge in [0.25, 0.3) is 6.10 Å². The fourth-order valence-electron chi connectivity index (χ4n) is 1.68. The number of hydrogen-bond acceptors (Lipinski definition) is 4. The Bertz CT molecular complexity index is 470. The second-order valence-corrected chi connectivity index (χ2v) is 4.46. The molecule has 4 nitrogen and oxygen atoms in total. The number of Topliss-reactive ketones (excluding diaryl/α,β-unsaturated/α-hetero) is 1. The van der Waals surface area contributed by atoms with Crippen molar-refractivity contribution in [1.29, 1.82) is 0 Å². The molecule has 1 aromatic rings. The van der Waals surface area contributed by atoms with Crippen LogP contribution >= 0.6 is 15.9 Å². The van der Waals surface area contributed by atoms with Crippen LogP contribution in [0.1, 0.15) is 12.5 Å². The summed E-state index contributed by atoms with van der Waals surface area (Å²) in [5, 5.41) is 0. The molecule has 1 aromatic carbocycles. The maximum atomic E-state index is 11.8. The van der Waals surface area contributed by atoms with Crippen molar-refractivity contribution in [1.82, 2.24) is 0 Å². The second-order valence-electron chi connectivity index (χ2n) is 3.61. The molecular formula is C12H11BrO4. The highest BCUT2D eigenvalue weighted by molar-refractivity contribution is 9.10. The van der Waals surface area contributed by atoms with Gasteiger partial charge in [0.05, 0.1) is 6.61 Å². The van der Waals surface area contributed by atoms with E-state index in [2.05, 4.69) is 15.9 Å².